The van der Waals surface area contributed by atoms with Crippen molar-refractivity contribution in [2.75, 3.05) is 25.5 Å². The summed E-state index contributed by atoms with van der Waals surface area (Å²) in [5.74, 6) is -1.84. The number of phosphoric acid groups is 3. The third kappa shape index (κ3) is 11.0. The molecule has 25 nitrogen and oxygen atoms in total. The van der Waals surface area contributed by atoms with Gasteiger partial charge in [-0.05, 0) is 54.8 Å². The zero-order valence-corrected chi connectivity index (χ0v) is 36.0. The van der Waals surface area contributed by atoms with E-state index in [2.05, 4.69) is 37.9 Å². The number of aromatic hydroxyl groups is 1. The molecule has 0 spiro atoms. The van der Waals surface area contributed by atoms with E-state index in [4.69, 9.17) is 14.9 Å². The normalized spacial score (nSPS) is 20.4. The number of hydrogen-bond donors (Lipinski definition) is 9. The number of carboxylic acids is 1. The van der Waals surface area contributed by atoms with Gasteiger partial charge in [-0.1, -0.05) is 18.9 Å². The lowest BCUT2D eigenvalue weighted by molar-refractivity contribution is -0.0503. The molecule has 0 bridgehead atoms. The minimum absolute atomic E-state index is 0.0189. The van der Waals surface area contributed by atoms with Crippen LogP contribution in [0.15, 0.2) is 76.5 Å². The second-order valence-corrected chi connectivity index (χ2v) is 19.0. The molecular formula is C37H39N6O19P3. The van der Waals surface area contributed by atoms with Crippen molar-refractivity contribution in [3.05, 3.63) is 88.6 Å². The number of nitrogens with zero attached hydrogens (tertiary/aromatic N) is 4. The van der Waals surface area contributed by atoms with Gasteiger partial charge in [0.2, 0.25) is 0 Å². The fraction of sp³-hybridized carbons (Fsp3) is 0.297. The maximum Gasteiger partial charge on any atom is 0.490 e. The summed E-state index contributed by atoms with van der Waals surface area (Å²) in [5, 5.41) is 44.4. The van der Waals surface area contributed by atoms with Crippen molar-refractivity contribution in [1.29, 1.82) is 0 Å². The first-order valence-electron chi connectivity index (χ1n) is 19.2. The fourth-order valence-electron chi connectivity index (χ4n) is 6.94. The van der Waals surface area contributed by atoms with E-state index in [-0.39, 0.29) is 69.2 Å². The molecule has 7 rings (SSSR count). The molecule has 7 atom stereocenters. The summed E-state index contributed by atoms with van der Waals surface area (Å²) in [6, 6.07) is 12.5. The van der Waals surface area contributed by atoms with Crippen molar-refractivity contribution in [2.24, 2.45) is 0 Å². The summed E-state index contributed by atoms with van der Waals surface area (Å²) in [5.41, 5.74) is 6.80. The Morgan fingerprint density at radius 1 is 0.846 bits per heavy atom. The van der Waals surface area contributed by atoms with Gasteiger partial charge in [-0.15, -0.1) is 0 Å². The van der Waals surface area contributed by atoms with Gasteiger partial charge in [-0.2, -0.15) is 8.62 Å². The Morgan fingerprint density at radius 3 is 2.32 bits per heavy atom. The third-order valence-electron chi connectivity index (χ3n) is 9.88. The van der Waals surface area contributed by atoms with Gasteiger partial charge in [0.05, 0.1) is 25.1 Å². The highest BCUT2D eigenvalue weighted by atomic mass is 31.3. The molecule has 1 saturated heterocycles. The Balaban J connectivity index is 0.844. The van der Waals surface area contributed by atoms with Crippen LogP contribution in [0.1, 0.15) is 52.6 Å². The number of hydrogen-bond acceptors (Lipinski definition) is 19. The number of anilines is 1. The molecule has 28 heteroatoms. The summed E-state index contributed by atoms with van der Waals surface area (Å²) < 4.78 is 67.3. The van der Waals surface area contributed by atoms with Crippen LogP contribution in [-0.4, -0.2) is 105 Å². The lowest BCUT2D eigenvalue weighted by Gasteiger charge is -2.20. The number of unbranched alkanes of at least 4 members (excludes halogenated alkanes) is 3. The number of aliphatic hydroxyl groups is 2. The number of nitrogens with one attached hydrogen (secondary N) is 1. The minimum Gasteiger partial charge on any atom is -0.508 e. The summed E-state index contributed by atoms with van der Waals surface area (Å²) in [6.45, 7) is -1.33. The molecule has 1 amide bonds. The van der Waals surface area contributed by atoms with E-state index in [1.807, 2.05) is 0 Å². The van der Waals surface area contributed by atoms with Crippen LogP contribution in [0.4, 0.5) is 5.82 Å². The van der Waals surface area contributed by atoms with Crippen LogP contribution in [-0.2, 0) is 36.1 Å². The van der Waals surface area contributed by atoms with E-state index in [0.29, 0.717) is 35.8 Å². The number of benzene rings is 3. The van der Waals surface area contributed by atoms with Gasteiger partial charge in [0.15, 0.2) is 23.1 Å². The minimum atomic E-state index is -5.83. The van der Waals surface area contributed by atoms with Crippen molar-refractivity contribution < 1.29 is 85.2 Å². The molecular weight excluding hydrogens is 925 g/mol. The molecule has 2 aromatic carbocycles. The average Bonchev–Trinajstić information content (AvgIpc) is 3.79. The van der Waals surface area contributed by atoms with Crippen molar-refractivity contribution in [3.63, 3.8) is 0 Å². The number of carbonyl (C=O) groups is 2. The van der Waals surface area contributed by atoms with Gasteiger partial charge in [-0.25, -0.2) is 33.4 Å². The van der Waals surface area contributed by atoms with Crippen LogP contribution in [0.3, 0.4) is 0 Å². The van der Waals surface area contributed by atoms with E-state index in [1.165, 1.54) is 59.4 Å². The predicted molar refractivity (Wildman–Crippen MR) is 223 cm³/mol. The number of aromatic carboxylic acids is 1. The molecule has 65 heavy (non-hydrogen) atoms. The highest BCUT2D eigenvalue weighted by molar-refractivity contribution is 7.66. The molecule has 0 saturated carbocycles. The standard InChI is InChI=1S/C37H39N6O19P3/c38-33-30-34(41-17-40-33)43(18-42-30)36-32(47)31(46)28(60-36)16-58-64(53,54)62-65(55,56)61-63(51,52)57-12-4-2-1-3-11-39-35(48)19-5-8-22(25(13-19)37(49)50)29-23-9-6-20(44)14-26(23)59-27-15-21(45)7-10-24(27)29/h5-10,13-15,17-18,28,31-32,36,44,46-47H,1-4,11-12,16H2,(H,39,48)(H,49,50)(H,51,52)(H,53,54)(H,55,56)(H2,38,40,41)/t28-,31-,32-,36-/m1/s1. The van der Waals surface area contributed by atoms with Crippen molar-refractivity contribution in [2.45, 2.75) is 50.2 Å². The Kier molecular flexibility index (Phi) is 14.0. The number of phosphoric ester groups is 2. The first kappa shape index (κ1) is 47.5. The van der Waals surface area contributed by atoms with Gasteiger partial charge < -0.3 is 55.3 Å². The SMILES string of the molecule is Nc1ncnc2c1ncn2[C@@H]1O[C@H](COP(=O)(O)OP(=O)(O)OP(=O)(O)OCCCCCCNC(=O)c2ccc(-c3c4ccc(=O)cc-4oc4cc(O)ccc34)c(C(=O)O)c2)[C@@H](O)[C@H]1O. The number of carboxylic acid groups (broad SMARTS) is 1. The Bertz CT molecular complexity index is 2950. The number of phenols is 1. The van der Waals surface area contributed by atoms with Crippen LogP contribution in [0.2, 0.25) is 0 Å². The van der Waals surface area contributed by atoms with Crippen LogP contribution in [0, 0.1) is 0 Å². The summed E-state index contributed by atoms with van der Waals surface area (Å²) >= 11 is 0. The Hall–Kier alpha value is -5.49. The van der Waals surface area contributed by atoms with Gasteiger partial charge in [0.25, 0.3) is 5.91 Å². The molecule has 3 aliphatic rings. The summed E-state index contributed by atoms with van der Waals surface area (Å²) in [4.78, 5) is 79.4. The number of rotatable bonds is 19. The van der Waals surface area contributed by atoms with Crippen LogP contribution >= 0.6 is 23.5 Å². The molecule has 10 N–H and O–H groups in total. The molecule has 0 radical (unpaired) electrons. The highest BCUT2D eigenvalue weighted by Crippen LogP contribution is 2.67. The van der Waals surface area contributed by atoms with E-state index in [9.17, 15) is 63.2 Å². The lowest BCUT2D eigenvalue weighted by Crippen LogP contribution is -2.33. The number of nitrogens with two attached hydrogens (primary N) is 1. The first-order valence-corrected chi connectivity index (χ1v) is 23.7. The third-order valence-corrected chi connectivity index (χ3v) is 14.2. The first-order chi connectivity index (χ1) is 30.7. The Labute approximate surface area is 365 Å². The predicted octanol–water partition coefficient (Wildman–Crippen LogP) is 3.67. The quantitative estimate of drug-likeness (QED) is 0.0317. The second-order valence-electron chi connectivity index (χ2n) is 14.4. The van der Waals surface area contributed by atoms with E-state index in [1.54, 1.807) is 6.07 Å². The number of ether oxygens (including phenoxy) is 1. The zero-order valence-electron chi connectivity index (χ0n) is 33.3. The smallest absolute Gasteiger partial charge is 0.490 e. The van der Waals surface area contributed by atoms with Gasteiger partial charge in [0, 0.05) is 40.8 Å². The topological polar surface area (TPSA) is 385 Å². The van der Waals surface area contributed by atoms with Crippen molar-refractivity contribution >= 4 is 63.3 Å². The van der Waals surface area contributed by atoms with Gasteiger partial charge in [-0.3, -0.25) is 23.2 Å². The number of imidazole rings is 1. The molecule has 4 aromatic rings. The number of carbonyl (C=O) groups excluding carboxylic acids is 1. The number of amides is 1. The van der Waals surface area contributed by atoms with Gasteiger partial charge >= 0.3 is 29.4 Å². The summed E-state index contributed by atoms with van der Waals surface area (Å²) in [6.07, 6.45) is -2.59. The number of aliphatic hydroxyl groups excluding tert-OH is 2. The molecule has 1 aliphatic carbocycles. The molecule has 4 heterocycles. The van der Waals surface area contributed by atoms with Crippen LogP contribution < -0.4 is 16.5 Å². The van der Waals surface area contributed by atoms with Crippen LogP contribution in [0.25, 0.3) is 44.6 Å². The maximum absolute atomic E-state index is 13.0. The molecule has 2 aliphatic heterocycles. The number of nitrogen functional groups attached to an aromatic ring is 1. The monoisotopic (exact) mass is 964 g/mol. The largest absolute Gasteiger partial charge is 0.508 e. The number of fused-ring (bicyclic) bond motifs is 3. The molecule has 1 fully saturated rings. The van der Waals surface area contributed by atoms with Crippen molar-refractivity contribution in [1.82, 2.24) is 24.8 Å². The molecule has 346 valence electrons. The average molecular weight is 965 g/mol. The highest BCUT2D eigenvalue weighted by Gasteiger charge is 2.47. The molecule has 3 unspecified atom stereocenters. The van der Waals surface area contributed by atoms with E-state index < -0.39 is 73.1 Å². The maximum atomic E-state index is 13.0. The van der Waals surface area contributed by atoms with E-state index >= 15 is 0 Å². The molecule has 2 aromatic heterocycles. The fourth-order valence-corrected chi connectivity index (χ4v) is 10.5. The van der Waals surface area contributed by atoms with Crippen molar-refractivity contribution in [3.8, 4) is 28.2 Å². The van der Waals surface area contributed by atoms with E-state index in [0.717, 1.165) is 6.33 Å². The van der Waals surface area contributed by atoms with Crippen LogP contribution in [0.5, 0.6) is 5.75 Å². The second kappa shape index (κ2) is 19.2. The summed E-state index contributed by atoms with van der Waals surface area (Å²) in [7, 11) is -16.8. The number of aromatic nitrogens is 4. The number of phenolic OH excluding ortho intramolecular Hbond substituents is 1. The Morgan fingerprint density at radius 2 is 1.57 bits per heavy atom. The zero-order chi connectivity index (χ0) is 46.8. The van der Waals surface area contributed by atoms with Gasteiger partial charge in [0.1, 0.15) is 47.2 Å². The lowest BCUT2D eigenvalue weighted by atomic mass is 9.90.